The molecule has 1 rings (SSSR count). The lowest BCUT2D eigenvalue weighted by molar-refractivity contribution is 0.336. The van der Waals surface area contributed by atoms with E-state index in [2.05, 4.69) is 66.8 Å². The van der Waals surface area contributed by atoms with Crippen molar-refractivity contribution in [1.82, 2.24) is 16.0 Å². The molecule has 0 unspecified atom stereocenters. The molecule has 3 N–H and O–H groups in total. The van der Waals surface area contributed by atoms with Gasteiger partial charge in [0.25, 0.3) is 0 Å². The van der Waals surface area contributed by atoms with Gasteiger partial charge in [-0.25, -0.2) is 0 Å². The third-order valence-corrected chi connectivity index (χ3v) is 3.27. The molecule has 0 atom stereocenters. The molecule has 0 aliphatic carbocycles. The molecule has 5 nitrogen and oxygen atoms in total. The van der Waals surface area contributed by atoms with E-state index in [9.17, 15) is 0 Å². The van der Waals surface area contributed by atoms with E-state index in [0.29, 0.717) is 13.2 Å². The highest BCUT2D eigenvalue weighted by Gasteiger charge is 2.08. The number of hydrogen-bond acceptors (Lipinski definition) is 3. The first kappa shape index (κ1) is 23.0. The summed E-state index contributed by atoms with van der Waals surface area (Å²) in [6, 6.07) is 6.27. The highest BCUT2D eigenvalue weighted by atomic mass is 127. The monoisotopic (exact) mass is 448 g/mol. The average Bonchev–Trinajstić information content (AvgIpc) is 2.47. The minimum atomic E-state index is 0. The maximum Gasteiger partial charge on any atom is 0.191 e. The number of hydrogen-bond donors (Lipinski definition) is 3. The molecule has 0 radical (unpaired) electrons. The van der Waals surface area contributed by atoms with E-state index < -0.39 is 0 Å². The fourth-order valence-electron chi connectivity index (χ4n) is 2.12. The molecule has 1 aromatic carbocycles. The number of guanidine groups is 1. The van der Waals surface area contributed by atoms with E-state index in [-0.39, 0.29) is 29.5 Å². The van der Waals surface area contributed by atoms with Crippen LogP contribution in [-0.2, 0) is 6.54 Å². The SMILES string of the molecule is CCOc1cc(C)ccc1CNC(=NC)NCCNC(C)(C)C.I. The van der Waals surface area contributed by atoms with Crippen LogP contribution in [-0.4, -0.2) is 38.2 Å². The summed E-state index contributed by atoms with van der Waals surface area (Å²) in [6.45, 7) is 13.6. The zero-order chi connectivity index (χ0) is 17.3. The van der Waals surface area contributed by atoms with Gasteiger partial charge < -0.3 is 20.7 Å². The van der Waals surface area contributed by atoms with Crippen molar-refractivity contribution in [2.24, 2.45) is 4.99 Å². The van der Waals surface area contributed by atoms with E-state index in [1.807, 2.05) is 6.92 Å². The number of nitrogens with one attached hydrogen (secondary N) is 3. The third kappa shape index (κ3) is 9.32. The summed E-state index contributed by atoms with van der Waals surface area (Å²) in [5, 5.41) is 10.1. The molecule has 1 aromatic rings. The van der Waals surface area contributed by atoms with Gasteiger partial charge in [0, 0.05) is 37.8 Å². The molecule has 0 amide bonds. The van der Waals surface area contributed by atoms with Gasteiger partial charge in [0.05, 0.1) is 6.61 Å². The van der Waals surface area contributed by atoms with Crippen LogP contribution in [0, 0.1) is 6.92 Å². The van der Waals surface area contributed by atoms with Crippen LogP contribution < -0.4 is 20.7 Å². The summed E-state index contributed by atoms with van der Waals surface area (Å²) in [4.78, 5) is 4.26. The molecular weight excluding hydrogens is 415 g/mol. The number of aliphatic imine (C=N–C) groups is 1. The minimum absolute atomic E-state index is 0. The first-order chi connectivity index (χ1) is 10.9. The van der Waals surface area contributed by atoms with Gasteiger partial charge >= 0.3 is 0 Å². The van der Waals surface area contributed by atoms with Crippen molar-refractivity contribution < 1.29 is 4.74 Å². The average molecular weight is 448 g/mol. The molecule has 0 bridgehead atoms. The van der Waals surface area contributed by atoms with Crippen LogP contribution in [0.15, 0.2) is 23.2 Å². The fraction of sp³-hybridized carbons (Fsp3) is 0.611. The zero-order valence-corrected chi connectivity index (χ0v) is 18.2. The van der Waals surface area contributed by atoms with Gasteiger partial charge in [0.15, 0.2) is 5.96 Å². The predicted molar refractivity (Wildman–Crippen MR) is 114 cm³/mol. The largest absolute Gasteiger partial charge is 0.494 e. The quantitative estimate of drug-likeness (QED) is 0.260. The summed E-state index contributed by atoms with van der Waals surface area (Å²) in [6.07, 6.45) is 0. The number of benzene rings is 1. The van der Waals surface area contributed by atoms with Crippen molar-refractivity contribution in [3.05, 3.63) is 29.3 Å². The lowest BCUT2D eigenvalue weighted by Crippen LogP contribution is -2.44. The molecular formula is C18H33IN4O. The molecule has 0 aromatic heterocycles. The summed E-state index contributed by atoms with van der Waals surface area (Å²) in [5.74, 6) is 1.73. The van der Waals surface area contributed by atoms with Crippen molar-refractivity contribution in [2.45, 2.75) is 46.7 Å². The van der Waals surface area contributed by atoms with Crippen LogP contribution in [0.4, 0.5) is 0 Å². The molecule has 0 fully saturated rings. The topological polar surface area (TPSA) is 57.7 Å². The number of rotatable bonds is 7. The first-order valence-corrected chi connectivity index (χ1v) is 8.27. The van der Waals surface area contributed by atoms with Crippen LogP contribution in [0.25, 0.3) is 0 Å². The van der Waals surface area contributed by atoms with Gasteiger partial charge in [-0.05, 0) is 46.2 Å². The molecule has 24 heavy (non-hydrogen) atoms. The second kappa shape index (κ2) is 11.5. The van der Waals surface area contributed by atoms with E-state index in [1.54, 1.807) is 7.05 Å². The van der Waals surface area contributed by atoms with Crippen molar-refractivity contribution in [2.75, 3.05) is 26.7 Å². The Kier molecular flexibility index (Phi) is 11.0. The minimum Gasteiger partial charge on any atom is -0.494 e. The summed E-state index contributed by atoms with van der Waals surface area (Å²) >= 11 is 0. The lowest BCUT2D eigenvalue weighted by Gasteiger charge is -2.21. The smallest absolute Gasteiger partial charge is 0.191 e. The van der Waals surface area contributed by atoms with Crippen molar-refractivity contribution in [1.29, 1.82) is 0 Å². The molecule has 6 heteroatoms. The number of halogens is 1. The van der Waals surface area contributed by atoms with E-state index in [1.165, 1.54) is 5.56 Å². The Labute approximate surface area is 164 Å². The maximum absolute atomic E-state index is 5.71. The van der Waals surface area contributed by atoms with Crippen LogP contribution >= 0.6 is 24.0 Å². The molecule has 0 saturated heterocycles. The molecule has 0 heterocycles. The Hall–Kier alpha value is -1.02. The Balaban J connectivity index is 0.00000529. The van der Waals surface area contributed by atoms with Gasteiger partial charge in [-0.2, -0.15) is 0 Å². The van der Waals surface area contributed by atoms with Gasteiger partial charge in [0.1, 0.15) is 5.75 Å². The van der Waals surface area contributed by atoms with Gasteiger partial charge in [-0.3, -0.25) is 4.99 Å². The normalized spacial score (nSPS) is 11.7. The third-order valence-electron chi connectivity index (χ3n) is 3.27. The van der Waals surface area contributed by atoms with E-state index >= 15 is 0 Å². The lowest BCUT2D eigenvalue weighted by atomic mass is 10.1. The Morgan fingerprint density at radius 2 is 1.88 bits per heavy atom. The Morgan fingerprint density at radius 1 is 1.17 bits per heavy atom. The Bertz CT molecular complexity index is 512. The van der Waals surface area contributed by atoms with Crippen LogP contribution in [0.1, 0.15) is 38.8 Å². The second-order valence-electron chi connectivity index (χ2n) is 6.57. The zero-order valence-electron chi connectivity index (χ0n) is 15.8. The molecule has 0 spiro atoms. The summed E-state index contributed by atoms with van der Waals surface area (Å²) < 4.78 is 5.71. The second-order valence-corrected chi connectivity index (χ2v) is 6.57. The summed E-state index contributed by atoms with van der Waals surface area (Å²) in [7, 11) is 1.78. The van der Waals surface area contributed by atoms with E-state index in [4.69, 9.17) is 4.74 Å². The van der Waals surface area contributed by atoms with Gasteiger partial charge in [-0.1, -0.05) is 12.1 Å². The maximum atomic E-state index is 5.71. The van der Waals surface area contributed by atoms with Crippen molar-refractivity contribution in [3.63, 3.8) is 0 Å². The molecule has 0 aliphatic heterocycles. The highest BCUT2D eigenvalue weighted by Crippen LogP contribution is 2.20. The van der Waals surface area contributed by atoms with Crippen LogP contribution in [0.2, 0.25) is 0 Å². The van der Waals surface area contributed by atoms with Crippen LogP contribution in [0.3, 0.4) is 0 Å². The van der Waals surface area contributed by atoms with E-state index in [0.717, 1.165) is 30.4 Å². The molecule has 138 valence electrons. The van der Waals surface area contributed by atoms with Crippen LogP contribution in [0.5, 0.6) is 5.75 Å². The first-order valence-electron chi connectivity index (χ1n) is 8.27. The fourth-order valence-corrected chi connectivity index (χ4v) is 2.12. The molecule has 0 aliphatic rings. The van der Waals surface area contributed by atoms with Crippen molar-refractivity contribution in [3.8, 4) is 5.75 Å². The Morgan fingerprint density at radius 3 is 2.46 bits per heavy atom. The molecule has 0 saturated carbocycles. The standard InChI is InChI=1S/C18H32N4O.HI/c1-7-23-16-12-14(2)8-9-15(16)13-21-17(19-6)20-10-11-22-18(3,4)5;/h8-9,12,22H,7,10-11,13H2,1-6H3,(H2,19,20,21);1H. The number of ether oxygens (including phenoxy) is 1. The highest BCUT2D eigenvalue weighted by molar-refractivity contribution is 14.0. The number of nitrogens with zero attached hydrogens (tertiary/aromatic N) is 1. The van der Waals surface area contributed by atoms with Crippen molar-refractivity contribution >= 4 is 29.9 Å². The van der Waals surface area contributed by atoms with Gasteiger partial charge in [-0.15, -0.1) is 24.0 Å². The summed E-state index contributed by atoms with van der Waals surface area (Å²) in [5.41, 5.74) is 2.47. The number of aryl methyl sites for hydroxylation is 1. The predicted octanol–water partition coefficient (Wildman–Crippen LogP) is 3.06. The van der Waals surface area contributed by atoms with Gasteiger partial charge in [0.2, 0.25) is 0 Å².